The fraction of sp³-hybridized carbons (Fsp3) is 0.286. The molecule has 1 aromatic heterocycles. The molecule has 2 heterocycles. The van der Waals surface area contributed by atoms with Gasteiger partial charge in [-0.25, -0.2) is 9.37 Å². The van der Waals surface area contributed by atoms with Crippen molar-refractivity contribution in [2.75, 3.05) is 29.9 Å². The quantitative estimate of drug-likeness (QED) is 0.906. The molecule has 0 saturated carbocycles. The van der Waals surface area contributed by atoms with E-state index in [1.807, 2.05) is 5.38 Å². The fourth-order valence-corrected chi connectivity index (χ4v) is 2.82. The number of thiazole rings is 1. The highest BCUT2D eigenvalue weighted by Gasteiger charge is 2.25. The lowest BCUT2D eigenvalue weighted by Crippen LogP contribution is -2.55. The normalized spacial score (nSPS) is 18.5. The van der Waals surface area contributed by atoms with Crippen LogP contribution in [-0.4, -0.2) is 36.6 Å². The summed E-state index contributed by atoms with van der Waals surface area (Å²) in [6.07, 6.45) is 1.65. The van der Waals surface area contributed by atoms with Gasteiger partial charge >= 0.3 is 0 Å². The highest BCUT2D eigenvalue weighted by Crippen LogP contribution is 2.17. The molecule has 2 N–H and O–H groups in total. The van der Waals surface area contributed by atoms with Gasteiger partial charge in [0, 0.05) is 36.9 Å². The first kappa shape index (κ1) is 14.0. The molecule has 1 aliphatic rings. The summed E-state index contributed by atoms with van der Waals surface area (Å²) in [7, 11) is 0. The molecule has 0 aliphatic carbocycles. The lowest BCUT2D eigenvalue weighted by Gasteiger charge is -2.34. The summed E-state index contributed by atoms with van der Waals surface area (Å²) < 4.78 is 13.0. The number of carbonyl (C=O) groups is 1. The minimum atomic E-state index is -0.312. The maximum atomic E-state index is 13.0. The number of hydrogen-bond acceptors (Lipinski definition) is 5. The van der Waals surface area contributed by atoms with Crippen LogP contribution in [0, 0.1) is 5.82 Å². The molecule has 1 aliphatic heterocycles. The summed E-state index contributed by atoms with van der Waals surface area (Å²) in [5, 5.41) is 8.40. The van der Waals surface area contributed by atoms with E-state index in [4.69, 9.17) is 0 Å². The number of halogens is 1. The SMILES string of the molecule is O=C(Nc1nccs1)C1CN(c2ccc(F)cc2)CCN1. The molecule has 7 heteroatoms. The number of anilines is 2. The van der Waals surface area contributed by atoms with E-state index in [1.165, 1.54) is 23.5 Å². The molecule has 1 unspecified atom stereocenters. The molecular weight excluding hydrogens is 291 g/mol. The zero-order chi connectivity index (χ0) is 14.7. The van der Waals surface area contributed by atoms with Crippen LogP contribution in [0.2, 0.25) is 0 Å². The van der Waals surface area contributed by atoms with Crippen molar-refractivity contribution < 1.29 is 9.18 Å². The van der Waals surface area contributed by atoms with Gasteiger partial charge in [-0.3, -0.25) is 4.79 Å². The van der Waals surface area contributed by atoms with Gasteiger partial charge in [-0.05, 0) is 24.3 Å². The summed E-state index contributed by atoms with van der Waals surface area (Å²) in [6.45, 7) is 2.03. The molecule has 1 saturated heterocycles. The zero-order valence-electron chi connectivity index (χ0n) is 11.3. The van der Waals surface area contributed by atoms with Crippen LogP contribution in [-0.2, 0) is 4.79 Å². The lowest BCUT2D eigenvalue weighted by atomic mass is 10.1. The van der Waals surface area contributed by atoms with Crippen molar-refractivity contribution in [2.45, 2.75) is 6.04 Å². The van der Waals surface area contributed by atoms with Crippen LogP contribution < -0.4 is 15.5 Å². The van der Waals surface area contributed by atoms with Crippen LogP contribution in [0.3, 0.4) is 0 Å². The van der Waals surface area contributed by atoms with Gasteiger partial charge in [-0.15, -0.1) is 11.3 Å². The van der Waals surface area contributed by atoms with E-state index < -0.39 is 0 Å². The van der Waals surface area contributed by atoms with E-state index in [2.05, 4.69) is 20.5 Å². The standard InChI is InChI=1S/C14H15FN4OS/c15-10-1-3-11(4-2-10)19-7-5-16-12(9-19)13(20)18-14-17-6-8-21-14/h1-4,6,8,12,16H,5,7,9H2,(H,17,18,20). The molecule has 110 valence electrons. The van der Waals surface area contributed by atoms with E-state index in [1.54, 1.807) is 18.3 Å². The second kappa shape index (κ2) is 6.19. The molecule has 3 rings (SSSR count). The first-order valence-electron chi connectivity index (χ1n) is 6.66. The molecule has 1 atom stereocenters. The smallest absolute Gasteiger partial charge is 0.245 e. The monoisotopic (exact) mass is 306 g/mol. The number of benzene rings is 1. The zero-order valence-corrected chi connectivity index (χ0v) is 12.1. The number of amides is 1. The third-order valence-corrected chi connectivity index (χ3v) is 4.03. The van der Waals surface area contributed by atoms with E-state index in [-0.39, 0.29) is 17.8 Å². The number of nitrogens with zero attached hydrogens (tertiary/aromatic N) is 2. The molecule has 0 radical (unpaired) electrons. The molecule has 1 fully saturated rings. The molecule has 1 amide bonds. The highest BCUT2D eigenvalue weighted by atomic mass is 32.1. The van der Waals surface area contributed by atoms with Gasteiger partial charge in [0.2, 0.25) is 5.91 Å². The average Bonchev–Trinajstić information content (AvgIpc) is 3.01. The maximum Gasteiger partial charge on any atom is 0.245 e. The number of carbonyl (C=O) groups excluding carboxylic acids is 1. The second-order valence-corrected chi connectivity index (χ2v) is 5.65. The van der Waals surface area contributed by atoms with Crippen molar-refractivity contribution in [3.8, 4) is 0 Å². The third-order valence-electron chi connectivity index (χ3n) is 3.35. The number of nitrogens with one attached hydrogen (secondary N) is 2. The Morgan fingerprint density at radius 3 is 2.95 bits per heavy atom. The Hall–Kier alpha value is -1.99. The van der Waals surface area contributed by atoms with Gasteiger partial charge in [0.25, 0.3) is 0 Å². The minimum absolute atomic E-state index is 0.100. The third kappa shape index (κ3) is 3.37. The van der Waals surface area contributed by atoms with Crippen LogP contribution in [0.15, 0.2) is 35.8 Å². The van der Waals surface area contributed by atoms with Crippen molar-refractivity contribution in [2.24, 2.45) is 0 Å². The Balaban J connectivity index is 1.65. The van der Waals surface area contributed by atoms with Gasteiger partial charge < -0.3 is 15.5 Å². The maximum absolute atomic E-state index is 13.0. The van der Waals surface area contributed by atoms with Gasteiger partial charge in [0.05, 0.1) is 0 Å². The lowest BCUT2D eigenvalue weighted by molar-refractivity contribution is -0.118. The van der Waals surface area contributed by atoms with E-state index in [0.29, 0.717) is 18.2 Å². The Morgan fingerprint density at radius 2 is 2.24 bits per heavy atom. The first-order chi connectivity index (χ1) is 10.2. The summed E-state index contributed by atoms with van der Waals surface area (Å²) in [4.78, 5) is 18.3. The first-order valence-corrected chi connectivity index (χ1v) is 7.54. The van der Waals surface area contributed by atoms with E-state index in [9.17, 15) is 9.18 Å². The number of hydrogen-bond donors (Lipinski definition) is 2. The fourth-order valence-electron chi connectivity index (χ4n) is 2.29. The van der Waals surface area contributed by atoms with Crippen LogP contribution in [0.1, 0.15) is 0 Å². The molecule has 21 heavy (non-hydrogen) atoms. The van der Waals surface area contributed by atoms with Crippen molar-refractivity contribution in [1.29, 1.82) is 0 Å². The molecule has 2 aromatic rings. The molecule has 0 spiro atoms. The van der Waals surface area contributed by atoms with Crippen molar-refractivity contribution in [3.05, 3.63) is 41.7 Å². The van der Waals surface area contributed by atoms with E-state index >= 15 is 0 Å². The Bertz CT molecular complexity index is 602. The van der Waals surface area contributed by atoms with Gasteiger partial charge in [0.15, 0.2) is 5.13 Å². The van der Waals surface area contributed by atoms with Gasteiger partial charge in [-0.2, -0.15) is 0 Å². The molecular formula is C14H15FN4OS. The molecule has 1 aromatic carbocycles. The summed E-state index contributed by atoms with van der Waals surface area (Å²) in [5.41, 5.74) is 0.921. The topological polar surface area (TPSA) is 57.3 Å². The second-order valence-electron chi connectivity index (χ2n) is 4.76. The Labute approximate surface area is 125 Å². The summed E-state index contributed by atoms with van der Waals surface area (Å²) >= 11 is 1.39. The molecule has 0 bridgehead atoms. The summed E-state index contributed by atoms with van der Waals surface area (Å²) in [6, 6.07) is 6.02. The predicted octanol–water partition coefficient (Wildman–Crippen LogP) is 1.70. The largest absolute Gasteiger partial charge is 0.368 e. The van der Waals surface area contributed by atoms with E-state index in [0.717, 1.165) is 12.2 Å². The van der Waals surface area contributed by atoms with Crippen LogP contribution in [0.4, 0.5) is 15.2 Å². The highest BCUT2D eigenvalue weighted by molar-refractivity contribution is 7.13. The summed E-state index contributed by atoms with van der Waals surface area (Å²) in [5.74, 6) is -0.358. The van der Waals surface area contributed by atoms with Crippen LogP contribution in [0.25, 0.3) is 0 Å². The van der Waals surface area contributed by atoms with Crippen molar-refractivity contribution >= 4 is 28.1 Å². The predicted molar refractivity (Wildman–Crippen MR) is 81.1 cm³/mol. The number of rotatable bonds is 3. The van der Waals surface area contributed by atoms with Crippen LogP contribution >= 0.6 is 11.3 Å². The molecule has 5 nitrogen and oxygen atoms in total. The van der Waals surface area contributed by atoms with Crippen molar-refractivity contribution in [1.82, 2.24) is 10.3 Å². The minimum Gasteiger partial charge on any atom is -0.368 e. The number of aromatic nitrogens is 1. The van der Waals surface area contributed by atoms with Gasteiger partial charge in [0.1, 0.15) is 11.9 Å². The number of piperazine rings is 1. The van der Waals surface area contributed by atoms with Crippen molar-refractivity contribution in [3.63, 3.8) is 0 Å². The van der Waals surface area contributed by atoms with Crippen LogP contribution in [0.5, 0.6) is 0 Å². The Morgan fingerprint density at radius 1 is 1.43 bits per heavy atom. The average molecular weight is 306 g/mol. The van der Waals surface area contributed by atoms with Gasteiger partial charge in [-0.1, -0.05) is 0 Å². The Kier molecular flexibility index (Phi) is 4.12.